The topological polar surface area (TPSA) is 80.0 Å². The lowest BCUT2D eigenvalue weighted by Crippen LogP contribution is -2.44. The first kappa shape index (κ1) is 13.6. The van der Waals surface area contributed by atoms with Crippen molar-refractivity contribution < 1.29 is 23.8 Å². The Morgan fingerprint density at radius 2 is 2.11 bits per heavy atom. The normalized spacial score (nSPS) is 16.2. The quantitative estimate of drug-likeness (QED) is 0.871. The highest BCUT2D eigenvalue weighted by atomic mass is 16.5. The van der Waals surface area contributed by atoms with Gasteiger partial charge in [0, 0.05) is 25.8 Å². The Labute approximate surface area is 110 Å². The van der Waals surface area contributed by atoms with Crippen LogP contribution in [-0.4, -0.2) is 47.7 Å². The van der Waals surface area contributed by atoms with Crippen molar-refractivity contribution in [3.8, 4) is 0 Å². The molecule has 0 bridgehead atoms. The van der Waals surface area contributed by atoms with E-state index in [1.54, 1.807) is 17.0 Å². The van der Waals surface area contributed by atoms with Crippen LogP contribution in [0.25, 0.3) is 0 Å². The lowest BCUT2D eigenvalue weighted by molar-refractivity contribution is -0.137. The van der Waals surface area contributed by atoms with Crippen molar-refractivity contribution in [1.82, 2.24) is 4.90 Å². The van der Waals surface area contributed by atoms with Gasteiger partial charge in [-0.15, -0.1) is 0 Å². The third-order valence-corrected chi connectivity index (χ3v) is 3.19. The minimum Gasteiger partial charge on any atom is -0.481 e. The molecule has 0 unspecified atom stereocenters. The summed E-state index contributed by atoms with van der Waals surface area (Å²) in [7, 11) is 0. The number of hydrogen-bond acceptors (Lipinski definition) is 4. The van der Waals surface area contributed by atoms with Crippen molar-refractivity contribution in [3.05, 3.63) is 24.2 Å². The summed E-state index contributed by atoms with van der Waals surface area (Å²) >= 11 is 0. The minimum atomic E-state index is -0.913. The first-order valence-corrected chi connectivity index (χ1v) is 6.32. The zero-order valence-corrected chi connectivity index (χ0v) is 10.6. The molecular weight excluding hydrogens is 250 g/mol. The number of ether oxygens (including phenoxy) is 1. The molecule has 1 fully saturated rings. The standard InChI is InChI=1S/C13H17NO5/c15-12(16)3-6-14(10-4-8-18-9-5-10)13(17)11-2-1-7-19-11/h1-2,7,10H,3-6,8-9H2,(H,15,16). The van der Waals surface area contributed by atoms with Crippen LogP contribution >= 0.6 is 0 Å². The number of amides is 1. The molecule has 0 aromatic carbocycles. The van der Waals surface area contributed by atoms with Gasteiger partial charge in [-0.2, -0.15) is 0 Å². The van der Waals surface area contributed by atoms with E-state index in [-0.39, 0.29) is 30.7 Å². The van der Waals surface area contributed by atoms with Crippen LogP contribution in [0.5, 0.6) is 0 Å². The summed E-state index contributed by atoms with van der Waals surface area (Å²) in [5.74, 6) is -0.917. The second-order valence-corrected chi connectivity index (χ2v) is 4.46. The Hall–Kier alpha value is -1.82. The van der Waals surface area contributed by atoms with Gasteiger partial charge in [-0.05, 0) is 25.0 Å². The van der Waals surface area contributed by atoms with Gasteiger partial charge in [0.25, 0.3) is 5.91 Å². The molecule has 0 aliphatic carbocycles. The van der Waals surface area contributed by atoms with Gasteiger partial charge in [0.15, 0.2) is 5.76 Å². The molecule has 2 heterocycles. The fourth-order valence-electron chi connectivity index (χ4n) is 2.20. The van der Waals surface area contributed by atoms with E-state index in [1.807, 2.05) is 0 Å². The predicted octanol–water partition coefficient (Wildman–Crippen LogP) is 1.38. The maximum atomic E-state index is 12.3. The van der Waals surface area contributed by atoms with E-state index in [2.05, 4.69) is 0 Å². The highest BCUT2D eigenvalue weighted by molar-refractivity contribution is 5.91. The monoisotopic (exact) mass is 267 g/mol. The second kappa shape index (κ2) is 6.38. The van der Waals surface area contributed by atoms with Crippen molar-refractivity contribution in [2.75, 3.05) is 19.8 Å². The third-order valence-electron chi connectivity index (χ3n) is 3.19. The van der Waals surface area contributed by atoms with Crippen molar-refractivity contribution in [2.45, 2.75) is 25.3 Å². The molecule has 1 N–H and O–H groups in total. The predicted molar refractivity (Wildman–Crippen MR) is 65.8 cm³/mol. The van der Waals surface area contributed by atoms with Crippen molar-refractivity contribution in [1.29, 1.82) is 0 Å². The average molecular weight is 267 g/mol. The lowest BCUT2D eigenvalue weighted by Gasteiger charge is -2.33. The molecule has 19 heavy (non-hydrogen) atoms. The van der Waals surface area contributed by atoms with Gasteiger partial charge in [0.1, 0.15) is 0 Å². The van der Waals surface area contributed by atoms with E-state index in [0.29, 0.717) is 13.2 Å². The van der Waals surface area contributed by atoms with E-state index < -0.39 is 5.97 Å². The molecule has 6 heteroatoms. The fourth-order valence-corrected chi connectivity index (χ4v) is 2.20. The number of rotatable bonds is 5. The van der Waals surface area contributed by atoms with Gasteiger partial charge >= 0.3 is 5.97 Å². The van der Waals surface area contributed by atoms with E-state index in [9.17, 15) is 9.59 Å². The van der Waals surface area contributed by atoms with Gasteiger partial charge in [0.05, 0.1) is 12.7 Å². The largest absolute Gasteiger partial charge is 0.481 e. The maximum absolute atomic E-state index is 12.3. The molecule has 0 spiro atoms. The number of nitrogens with zero attached hydrogens (tertiary/aromatic N) is 1. The zero-order valence-electron chi connectivity index (χ0n) is 10.6. The molecule has 0 radical (unpaired) electrons. The Balaban J connectivity index is 2.08. The van der Waals surface area contributed by atoms with E-state index in [1.165, 1.54) is 6.26 Å². The van der Waals surface area contributed by atoms with E-state index in [0.717, 1.165) is 12.8 Å². The third kappa shape index (κ3) is 3.57. The first-order valence-electron chi connectivity index (χ1n) is 6.32. The van der Waals surface area contributed by atoms with Gasteiger partial charge in [-0.1, -0.05) is 0 Å². The Bertz CT molecular complexity index is 422. The van der Waals surface area contributed by atoms with Crippen molar-refractivity contribution in [2.24, 2.45) is 0 Å². The number of furan rings is 1. The molecule has 6 nitrogen and oxygen atoms in total. The van der Waals surface area contributed by atoms with Crippen LogP contribution in [0.4, 0.5) is 0 Å². The summed E-state index contributed by atoms with van der Waals surface area (Å²) in [6.45, 7) is 1.39. The van der Waals surface area contributed by atoms with Crippen LogP contribution in [0.3, 0.4) is 0 Å². The number of carboxylic acid groups (broad SMARTS) is 1. The number of carboxylic acids is 1. The number of aliphatic carboxylic acids is 1. The van der Waals surface area contributed by atoms with Crippen LogP contribution in [0, 0.1) is 0 Å². The highest BCUT2D eigenvalue weighted by Crippen LogP contribution is 2.18. The van der Waals surface area contributed by atoms with Crippen molar-refractivity contribution in [3.63, 3.8) is 0 Å². The number of hydrogen-bond donors (Lipinski definition) is 1. The van der Waals surface area contributed by atoms with Crippen LogP contribution in [0.15, 0.2) is 22.8 Å². The Morgan fingerprint density at radius 1 is 1.37 bits per heavy atom. The molecule has 0 atom stereocenters. The van der Waals surface area contributed by atoms with E-state index >= 15 is 0 Å². The molecule has 2 rings (SSSR count). The Kier molecular flexibility index (Phi) is 4.57. The Morgan fingerprint density at radius 3 is 2.68 bits per heavy atom. The summed E-state index contributed by atoms with van der Waals surface area (Å²) in [6.07, 6.45) is 2.83. The molecule has 1 aromatic heterocycles. The SMILES string of the molecule is O=C(O)CCN(C(=O)c1ccco1)C1CCOCC1. The highest BCUT2D eigenvalue weighted by Gasteiger charge is 2.28. The summed E-state index contributed by atoms with van der Waals surface area (Å²) in [5, 5.41) is 8.79. The van der Waals surface area contributed by atoms with Crippen LogP contribution in [0.2, 0.25) is 0 Å². The molecule has 1 amide bonds. The van der Waals surface area contributed by atoms with Crippen LogP contribution in [-0.2, 0) is 9.53 Å². The van der Waals surface area contributed by atoms with Crippen LogP contribution < -0.4 is 0 Å². The fraction of sp³-hybridized carbons (Fsp3) is 0.538. The second-order valence-electron chi connectivity index (χ2n) is 4.46. The zero-order chi connectivity index (χ0) is 13.7. The molecule has 1 aliphatic heterocycles. The van der Waals surface area contributed by atoms with Gasteiger partial charge in [-0.25, -0.2) is 0 Å². The minimum absolute atomic E-state index is 0.0192. The summed E-state index contributed by atoms with van der Waals surface area (Å²) in [5.41, 5.74) is 0. The summed E-state index contributed by atoms with van der Waals surface area (Å²) < 4.78 is 10.4. The van der Waals surface area contributed by atoms with Gasteiger partial charge < -0.3 is 19.2 Å². The summed E-state index contributed by atoms with van der Waals surface area (Å²) in [4.78, 5) is 24.6. The van der Waals surface area contributed by atoms with Gasteiger partial charge in [0.2, 0.25) is 0 Å². The number of carbonyl (C=O) groups is 2. The van der Waals surface area contributed by atoms with Crippen LogP contribution in [0.1, 0.15) is 29.8 Å². The van der Waals surface area contributed by atoms with Crippen molar-refractivity contribution >= 4 is 11.9 Å². The maximum Gasteiger partial charge on any atom is 0.305 e. The van der Waals surface area contributed by atoms with E-state index in [4.69, 9.17) is 14.3 Å². The average Bonchev–Trinajstić information content (AvgIpc) is 2.93. The smallest absolute Gasteiger partial charge is 0.305 e. The lowest BCUT2D eigenvalue weighted by atomic mass is 10.1. The number of carbonyl (C=O) groups excluding carboxylic acids is 1. The molecule has 1 aromatic rings. The molecular formula is C13H17NO5. The molecule has 104 valence electrons. The molecule has 0 saturated carbocycles. The summed E-state index contributed by atoms with van der Waals surface area (Å²) in [6, 6.07) is 3.26. The molecule has 1 aliphatic rings. The first-order chi connectivity index (χ1) is 9.18. The molecule has 1 saturated heterocycles. The van der Waals surface area contributed by atoms with Gasteiger partial charge in [-0.3, -0.25) is 9.59 Å².